The van der Waals surface area contributed by atoms with Crippen molar-refractivity contribution in [3.05, 3.63) is 72.1 Å². The van der Waals surface area contributed by atoms with Crippen molar-refractivity contribution in [1.29, 1.82) is 0 Å². The van der Waals surface area contributed by atoms with E-state index in [1.54, 1.807) is 0 Å². The summed E-state index contributed by atoms with van der Waals surface area (Å²) in [6, 6.07) is 20.1. The number of likely N-dealkylation sites (tertiary alicyclic amines) is 1. The molecule has 2 aromatic carbocycles. The lowest BCUT2D eigenvalue weighted by molar-refractivity contribution is -0.187. The van der Waals surface area contributed by atoms with E-state index in [2.05, 4.69) is 27.2 Å². The molecule has 1 spiro atoms. The Morgan fingerprint density at radius 2 is 1.46 bits per heavy atom. The number of ether oxygens (including phenoxy) is 2. The molecule has 0 aliphatic carbocycles. The van der Waals surface area contributed by atoms with Crippen molar-refractivity contribution in [3.63, 3.8) is 0 Å². The molecule has 28 heavy (non-hydrogen) atoms. The normalized spacial score (nSPS) is 20.4. The Hall–Kier alpha value is -2.54. The first-order chi connectivity index (χ1) is 13.8. The van der Waals surface area contributed by atoms with Gasteiger partial charge in [0.15, 0.2) is 5.79 Å². The quantitative estimate of drug-likeness (QED) is 0.691. The topological polar surface area (TPSA) is 60.6 Å². The highest BCUT2D eigenvalue weighted by Crippen LogP contribution is 2.37. The van der Waals surface area contributed by atoms with Gasteiger partial charge in [0, 0.05) is 31.5 Å². The number of nitrogens with zero attached hydrogens (tertiary/aromatic N) is 3. The molecule has 2 fully saturated rings. The second kappa shape index (κ2) is 7.47. The third-order valence-corrected chi connectivity index (χ3v) is 5.55. The Morgan fingerprint density at radius 1 is 0.821 bits per heavy atom. The van der Waals surface area contributed by atoms with E-state index in [1.807, 2.05) is 48.5 Å². The Balaban J connectivity index is 1.44. The Morgan fingerprint density at radius 3 is 2.14 bits per heavy atom. The van der Waals surface area contributed by atoms with Crippen molar-refractivity contribution in [2.24, 2.45) is 0 Å². The van der Waals surface area contributed by atoms with Crippen molar-refractivity contribution < 1.29 is 13.9 Å². The van der Waals surface area contributed by atoms with Crippen LogP contribution in [-0.4, -0.2) is 47.2 Å². The van der Waals surface area contributed by atoms with Gasteiger partial charge in [-0.05, 0) is 17.7 Å². The molecule has 1 atom stereocenters. The molecule has 6 heteroatoms. The molecular formula is C22H23N3O3. The standard InChI is InChI=1S/C22H23N3O3/c1-3-7-17(8-4-1)19(25-13-11-22(12-14-25)26-15-16-27-22)21-24-23-20(28-21)18-9-5-2-6-10-18/h1-10,19H,11-16H2/t19-/m1/s1. The maximum absolute atomic E-state index is 6.13. The zero-order valence-electron chi connectivity index (χ0n) is 15.7. The SMILES string of the molecule is c1ccc(-c2nnc([C@@H](c3ccccc3)N3CCC4(CC3)OCCO4)o2)cc1. The molecule has 1 aromatic heterocycles. The average Bonchev–Trinajstić information content (AvgIpc) is 3.42. The Labute approximate surface area is 164 Å². The summed E-state index contributed by atoms with van der Waals surface area (Å²) < 4.78 is 17.9. The predicted octanol–water partition coefficient (Wildman–Crippen LogP) is 3.66. The number of hydrogen-bond acceptors (Lipinski definition) is 6. The molecule has 3 heterocycles. The highest BCUT2D eigenvalue weighted by molar-refractivity contribution is 5.51. The highest BCUT2D eigenvalue weighted by Gasteiger charge is 2.42. The molecule has 0 radical (unpaired) electrons. The van der Waals surface area contributed by atoms with E-state index in [0.29, 0.717) is 25.0 Å². The van der Waals surface area contributed by atoms with Crippen molar-refractivity contribution in [1.82, 2.24) is 15.1 Å². The van der Waals surface area contributed by atoms with Crippen LogP contribution < -0.4 is 0 Å². The summed E-state index contributed by atoms with van der Waals surface area (Å²) in [6.45, 7) is 3.07. The van der Waals surface area contributed by atoms with Crippen LogP contribution in [-0.2, 0) is 9.47 Å². The van der Waals surface area contributed by atoms with Crippen LogP contribution in [0.1, 0.15) is 30.3 Å². The molecule has 144 valence electrons. The molecule has 2 aliphatic heterocycles. The molecule has 5 rings (SSSR count). The number of rotatable bonds is 4. The number of benzene rings is 2. The second-order valence-electron chi connectivity index (χ2n) is 7.27. The minimum absolute atomic E-state index is 0.0788. The van der Waals surface area contributed by atoms with Crippen molar-refractivity contribution in [2.45, 2.75) is 24.7 Å². The maximum Gasteiger partial charge on any atom is 0.247 e. The lowest BCUT2D eigenvalue weighted by Crippen LogP contribution is -2.46. The fourth-order valence-corrected chi connectivity index (χ4v) is 4.10. The average molecular weight is 377 g/mol. The van der Waals surface area contributed by atoms with Crippen molar-refractivity contribution in [3.8, 4) is 11.5 Å². The largest absolute Gasteiger partial charge is 0.419 e. The summed E-state index contributed by atoms with van der Waals surface area (Å²) in [5.74, 6) is 0.767. The van der Waals surface area contributed by atoms with Crippen molar-refractivity contribution >= 4 is 0 Å². The third kappa shape index (κ3) is 3.35. The van der Waals surface area contributed by atoms with Gasteiger partial charge in [-0.1, -0.05) is 48.5 Å². The highest BCUT2D eigenvalue weighted by atomic mass is 16.7. The van der Waals surface area contributed by atoms with Crippen LogP contribution in [0.2, 0.25) is 0 Å². The van der Waals surface area contributed by atoms with E-state index >= 15 is 0 Å². The fourth-order valence-electron chi connectivity index (χ4n) is 4.10. The molecule has 6 nitrogen and oxygen atoms in total. The van der Waals surface area contributed by atoms with Gasteiger partial charge < -0.3 is 13.9 Å². The molecule has 2 aliphatic rings. The monoisotopic (exact) mass is 377 g/mol. The van der Waals surface area contributed by atoms with E-state index in [1.165, 1.54) is 0 Å². The zero-order chi connectivity index (χ0) is 18.8. The summed E-state index contributed by atoms with van der Waals surface area (Å²) >= 11 is 0. The van der Waals surface area contributed by atoms with Gasteiger partial charge in [-0.15, -0.1) is 10.2 Å². The van der Waals surface area contributed by atoms with E-state index in [4.69, 9.17) is 13.9 Å². The van der Waals surface area contributed by atoms with Gasteiger partial charge >= 0.3 is 0 Å². The minimum atomic E-state index is -0.401. The first-order valence-corrected chi connectivity index (χ1v) is 9.79. The molecule has 0 bridgehead atoms. The van der Waals surface area contributed by atoms with Gasteiger partial charge in [-0.2, -0.15) is 0 Å². The molecule has 0 N–H and O–H groups in total. The zero-order valence-corrected chi connectivity index (χ0v) is 15.7. The molecule has 0 unspecified atom stereocenters. The van der Waals surface area contributed by atoms with E-state index in [9.17, 15) is 0 Å². The van der Waals surface area contributed by atoms with Crippen LogP contribution in [0.5, 0.6) is 0 Å². The van der Waals surface area contributed by atoms with Crippen LogP contribution in [0.3, 0.4) is 0 Å². The lowest BCUT2D eigenvalue weighted by Gasteiger charge is -2.40. The summed E-state index contributed by atoms with van der Waals surface area (Å²) in [6.07, 6.45) is 1.69. The number of piperidine rings is 1. The van der Waals surface area contributed by atoms with Gasteiger partial charge in [-0.25, -0.2) is 0 Å². The predicted molar refractivity (Wildman–Crippen MR) is 103 cm³/mol. The fraction of sp³-hybridized carbons (Fsp3) is 0.364. The summed E-state index contributed by atoms with van der Waals surface area (Å²) in [5.41, 5.74) is 2.08. The van der Waals surface area contributed by atoms with E-state index in [-0.39, 0.29) is 6.04 Å². The number of aromatic nitrogens is 2. The molecular weight excluding hydrogens is 354 g/mol. The molecule has 3 aromatic rings. The van der Waals surface area contributed by atoms with Crippen molar-refractivity contribution in [2.75, 3.05) is 26.3 Å². The number of hydrogen-bond donors (Lipinski definition) is 0. The molecule has 0 amide bonds. The summed E-state index contributed by atoms with van der Waals surface area (Å²) in [7, 11) is 0. The summed E-state index contributed by atoms with van der Waals surface area (Å²) in [5, 5.41) is 8.72. The van der Waals surface area contributed by atoms with Crippen LogP contribution in [0.4, 0.5) is 0 Å². The van der Waals surface area contributed by atoms with Crippen LogP contribution in [0.25, 0.3) is 11.5 Å². The van der Waals surface area contributed by atoms with Gasteiger partial charge in [0.25, 0.3) is 0 Å². The molecule has 0 saturated carbocycles. The maximum atomic E-state index is 6.13. The van der Waals surface area contributed by atoms with Crippen LogP contribution >= 0.6 is 0 Å². The smallest absolute Gasteiger partial charge is 0.247 e. The minimum Gasteiger partial charge on any atom is -0.419 e. The Kier molecular flexibility index (Phi) is 4.68. The van der Waals surface area contributed by atoms with E-state index in [0.717, 1.165) is 37.1 Å². The van der Waals surface area contributed by atoms with Gasteiger partial charge in [-0.3, -0.25) is 4.90 Å². The molecule has 2 saturated heterocycles. The van der Waals surface area contributed by atoms with Crippen LogP contribution in [0.15, 0.2) is 65.1 Å². The third-order valence-electron chi connectivity index (χ3n) is 5.55. The van der Waals surface area contributed by atoms with Crippen LogP contribution in [0, 0.1) is 0 Å². The first kappa shape index (κ1) is 17.6. The lowest BCUT2D eigenvalue weighted by atomic mass is 9.98. The van der Waals surface area contributed by atoms with Gasteiger partial charge in [0.2, 0.25) is 11.8 Å². The first-order valence-electron chi connectivity index (χ1n) is 9.79. The summed E-state index contributed by atoms with van der Waals surface area (Å²) in [4.78, 5) is 2.38. The van der Waals surface area contributed by atoms with Gasteiger partial charge in [0.1, 0.15) is 6.04 Å². The Bertz CT molecular complexity index is 897. The van der Waals surface area contributed by atoms with Gasteiger partial charge in [0.05, 0.1) is 13.2 Å². The van der Waals surface area contributed by atoms with E-state index < -0.39 is 5.79 Å². The second-order valence-corrected chi connectivity index (χ2v) is 7.27.